The van der Waals surface area contributed by atoms with E-state index >= 15 is 0 Å². The first kappa shape index (κ1) is 61.9. The second-order valence-corrected chi connectivity index (χ2v) is 18.1. The van der Waals surface area contributed by atoms with E-state index < -0.39 is 6.10 Å². The fraction of sp³-hybridized carbons (Fsp3) is 0.746. The van der Waals surface area contributed by atoms with E-state index in [1.807, 2.05) is 0 Å². The Kier molecular flexibility index (Phi) is 50.9. The second kappa shape index (κ2) is 53.5. The van der Waals surface area contributed by atoms with Gasteiger partial charge in [-0.2, -0.15) is 0 Å². The van der Waals surface area contributed by atoms with Crippen molar-refractivity contribution in [3.05, 3.63) is 72.9 Å². The number of carbonyl (C=O) groups is 3. The quantitative estimate of drug-likeness (QED) is 0.0199. The van der Waals surface area contributed by atoms with Crippen LogP contribution >= 0.6 is 0 Å². The molecule has 1 atom stereocenters. The molecule has 0 fully saturated rings. The van der Waals surface area contributed by atoms with Crippen molar-refractivity contribution < 1.29 is 28.6 Å². The lowest BCUT2D eigenvalue weighted by atomic mass is 10.0. The van der Waals surface area contributed by atoms with Gasteiger partial charge in [0, 0.05) is 19.3 Å². The molecule has 6 nitrogen and oxygen atoms in total. The van der Waals surface area contributed by atoms with E-state index in [9.17, 15) is 14.4 Å². The summed E-state index contributed by atoms with van der Waals surface area (Å²) in [4.78, 5) is 38.1. The van der Waals surface area contributed by atoms with Gasteiger partial charge in [-0.1, -0.05) is 235 Å². The third-order valence-electron chi connectivity index (χ3n) is 11.7. The van der Waals surface area contributed by atoms with Crippen LogP contribution in [0.3, 0.4) is 0 Å². The van der Waals surface area contributed by atoms with Gasteiger partial charge in [0.1, 0.15) is 13.2 Å². The summed E-state index contributed by atoms with van der Waals surface area (Å²) in [5.74, 6) is -0.947. The maximum atomic E-state index is 12.8. The summed E-state index contributed by atoms with van der Waals surface area (Å²) in [6.45, 7) is 6.49. The maximum absolute atomic E-state index is 12.8. The first-order chi connectivity index (χ1) is 32.0. The summed E-state index contributed by atoms with van der Waals surface area (Å²) >= 11 is 0. The van der Waals surface area contributed by atoms with E-state index in [1.165, 1.54) is 122 Å². The van der Waals surface area contributed by atoms with Crippen molar-refractivity contribution in [2.45, 2.75) is 271 Å². The number of rotatable bonds is 49. The molecule has 0 heterocycles. The fourth-order valence-electron chi connectivity index (χ4n) is 7.60. The lowest BCUT2D eigenvalue weighted by Gasteiger charge is -2.18. The zero-order valence-corrected chi connectivity index (χ0v) is 42.7. The Hall–Kier alpha value is -3.15. The van der Waals surface area contributed by atoms with Crippen molar-refractivity contribution in [3.63, 3.8) is 0 Å². The number of ether oxygens (including phenoxy) is 3. The molecule has 0 aromatic rings. The number of esters is 3. The Morgan fingerprint density at radius 1 is 0.338 bits per heavy atom. The van der Waals surface area contributed by atoms with Crippen LogP contribution in [0.15, 0.2) is 72.9 Å². The van der Waals surface area contributed by atoms with Crippen LogP contribution in [0.1, 0.15) is 265 Å². The van der Waals surface area contributed by atoms with Gasteiger partial charge < -0.3 is 14.2 Å². The molecular weight excluding hydrogens is 805 g/mol. The number of unbranched alkanes of at least 4 members (excludes halogenated alkanes) is 27. The molecule has 0 saturated heterocycles. The summed E-state index contributed by atoms with van der Waals surface area (Å²) in [5, 5.41) is 0. The lowest BCUT2D eigenvalue weighted by Crippen LogP contribution is -2.30. The number of hydrogen-bond donors (Lipinski definition) is 0. The van der Waals surface area contributed by atoms with E-state index in [0.29, 0.717) is 19.3 Å². The number of carbonyl (C=O) groups excluding carboxylic acids is 3. The topological polar surface area (TPSA) is 78.9 Å². The van der Waals surface area contributed by atoms with Gasteiger partial charge in [-0.05, 0) is 83.5 Å². The van der Waals surface area contributed by atoms with Gasteiger partial charge in [0.15, 0.2) is 6.10 Å². The fourth-order valence-corrected chi connectivity index (χ4v) is 7.60. The summed E-state index contributed by atoms with van der Waals surface area (Å²) in [5.41, 5.74) is 0. The minimum atomic E-state index is -0.801. The Morgan fingerprint density at radius 3 is 1.05 bits per heavy atom. The van der Waals surface area contributed by atoms with E-state index in [2.05, 4.69) is 93.7 Å². The van der Waals surface area contributed by atoms with Crippen LogP contribution in [0.4, 0.5) is 0 Å². The van der Waals surface area contributed by atoms with Crippen molar-refractivity contribution in [3.8, 4) is 0 Å². The Morgan fingerprint density at radius 2 is 0.646 bits per heavy atom. The van der Waals surface area contributed by atoms with Gasteiger partial charge in [-0.3, -0.25) is 14.4 Å². The van der Waals surface area contributed by atoms with E-state index in [1.54, 1.807) is 0 Å². The summed E-state index contributed by atoms with van der Waals surface area (Å²) in [6, 6.07) is 0. The predicted octanol–water partition coefficient (Wildman–Crippen LogP) is 18.2. The molecule has 1 unspecified atom stereocenters. The van der Waals surface area contributed by atoms with Crippen LogP contribution in [0.5, 0.6) is 0 Å². The molecule has 0 N–H and O–H groups in total. The highest BCUT2D eigenvalue weighted by Crippen LogP contribution is 2.15. The first-order valence-corrected chi connectivity index (χ1v) is 27.5. The zero-order chi connectivity index (χ0) is 47.2. The molecular formula is C59H102O6. The molecule has 0 aliphatic heterocycles. The highest BCUT2D eigenvalue weighted by atomic mass is 16.6. The third-order valence-corrected chi connectivity index (χ3v) is 11.7. The maximum Gasteiger partial charge on any atom is 0.306 e. The van der Waals surface area contributed by atoms with Gasteiger partial charge in [-0.15, -0.1) is 0 Å². The minimum absolute atomic E-state index is 0.0945. The zero-order valence-electron chi connectivity index (χ0n) is 42.7. The smallest absolute Gasteiger partial charge is 0.306 e. The molecule has 6 heteroatoms. The van der Waals surface area contributed by atoms with Gasteiger partial charge in [-0.25, -0.2) is 0 Å². The Balaban J connectivity index is 4.47. The molecule has 0 aliphatic rings. The normalized spacial score (nSPS) is 12.6. The summed E-state index contributed by atoms with van der Waals surface area (Å²) in [7, 11) is 0. The molecule has 0 radical (unpaired) electrons. The molecule has 0 aromatic carbocycles. The Labute approximate surface area is 402 Å². The molecule has 0 aliphatic carbocycles. The predicted molar refractivity (Wildman–Crippen MR) is 279 cm³/mol. The van der Waals surface area contributed by atoms with Crippen LogP contribution < -0.4 is 0 Å². The van der Waals surface area contributed by atoms with E-state index in [-0.39, 0.29) is 31.1 Å². The number of allylic oxidation sites excluding steroid dienone is 12. The van der Waals surface area contributed by atoms with Crippen LogP contribution in [-0.4, -0.2) is 37.2 Å². The van der Waals surface area contributed by atoms with Crippen LogP contribution in [-0.2, 0) is 28.6 Å². The highest BCUT2D eigenvalue weighted by molar-refractivity contribution is 5.71. The average molecular weight is 907 g/mol. The van der Waals surface area contributed by atoms with Gasteiger partial charge in [0.25, 0.3) is 0 Å². The standard InChI is InChI=1S/C59H102O6/c1-4-7-10-13-16-19-22-25-28-31-34-37-40-43-46-49-52-58(61)64-55-56(54-63-57(60)51-48-45-42-39-36-33-30-27-24-21-18-15-12-9-6-3)65-59(62)53-50-47-44-41-38-35-32-29-26-23-20-17-14-11-8-5-2/h7,10,16,19,25,28-29,32,34-35,37-38,56H,4-6,8-9,11-15,17-18,20-24,26-27,30-31,33,36,39-55H2,1-3H3/b10-7-,19-16-,28-25-,32-29-,37-34-,38-35-. The molecule has 0 rings (SSSR count). The van der Waals surface area contributed by atoms with Crippen molar-refractivity contribution in [1.82, 2.24) is 0 Å². The van der Waals surface area contributed by atoms with Gasteiger partial charge >= 0.3 is 17.9 Å². The van der Waals surface area contributed by atoms with Crippen LogP contribution in [0.25, 0.3) is 0 Å². The van der Waals surface area contributed by atoms with Gasteiger partial charge in [0.2, 0.25) is 0 Å². The monoisotopic (exact) mass is 907 g/mol. The second-order valence-electron chi connectivity index (χ2n) is 18.1. The third kappa shape index (κ3) is 51.7. The first-order valence-electron chi connectivity index (χ1n) is 27.5. The van der Waals surface area contributed by atoms with Crippen molar-refractivity contribution >= 4 is 17.9 Å². The van der Waals surface area contributed by atoms with Gasteiger partial charge in [0.05, 0.1) is 0 Å². The van der Waals surface area contributed by atoms with E-state index in [4.69, 9.17) is 14.2 Å². The SMILES string of the molecule is CC/C=C\C/C=C\C/C=C\C/C=C\CCCCCC(=O)OCC(COC(=O)CCCCCCCCCCCCCCCCC)OC(=O)CCCCC/C=C\C=C/CCCCCCCCC. The van der Waals surface area contributed by atoms with Crippen LogP contribution in [0.2, 0.25) is 0 Å². The molecule has 374 valence electrons. The molecule has 65 heavy (non-hydrogen) atoms. The number of hydrogen-bond acceptors (Lipinski definition) is 6. The van der Waals surface area contributed by atoms with Crippen LogP contribution in [0, 0.1) is 0 Å². The van der Waals surface area contributed by atoms with E-state index in [0.717, 1.165) is 103 Å². The minimum Gasteiger partial charge on any atom is -0.462 e. The lowest BCUT2D eigenvalue weighted by molar-refractivity contribution is -0.167. The summed E-state index contributed by atoms with van der Waals surface area (Å²) in [6.07, 6.45) is 67.4. The summed E-state index contributed by atoms with van der Waals surface area (Å²) < 4.78 is 16.8. The molecule has 0 amide bonds. The van der Waals surface area contributed by atoms with Crippen molar-refractivity contribution in [2.75, 3.05) is 13.2 Å². The average Bonchev–Trinajstić information content (AvgIpc) is 3.30. The van der Waals surface area contributed by atoms with Crippen molar-refractivity contribution in [2.24, 2.45) is 0 Å². The largest absolute Gasteiger partial charge is 0.462 e. The molecule has 0 aromatic heterocycles. The highest BCUT2D eigenvalue weighted by Gasteiger charge is 2.19. The molecule has 0 bridgehead atoms. The molecule has 0 saturated carbocycles. The van der Waals surface area contributed by atoms with Crippen molar-refractivity contribution in [1.29, 1.82) is 0 Å². The Bertz CT molecular complexity index is 1230. The molecule has 0 spiro atoms.